The van der Waals surface area contributed by atoms with Crippen LogP contribution in [-0.2, 0) is 12.4 Å². The van der Waals surface area contributed by atoms with Gasteiger partial charge in [0, 0.05) is 6.54 Å². The van der Waals surface area contributed by atoms with Crippen molar-refractivity contribution in [2.75, 3.05) is 0 Å². The van der Waals surface area contributed by atoms with Gasteiger partial charge in [-0.2, -0.15) is 0 Å². The first-order chi connectivity index (χ1) is 4.79. The lowest BCUT2D eigenvalue weighted by Gasteiger charge is -2.00. The van der Waals surface area contributed by atoms with Crippen molar-refractivity contribution in [3.8, 4) is 0 Å². The minimum absolute atomic E-state index is 0. The van der Waals surface area contributed by atoms with Gasteiger partial charge in [-0.3, -0.25) is 0 Å². The lowest BCUT2D eigenvalue weighted by molar-refractivity contribution is 0.731. The Labute approximate surface area is 78.0 Å². The third-order valence-corrected chi connectivity index (χ3v) is 1.88. The highest BCUT2D eigenvalue weighted by molar-refractivity contribution is 6.17. The Morgan fingerprint density at radius 2 is 2.27 bits per heavy atom. The summed E-state index contributed by atoms with van der Waals surface area (Å²) < 4.78 is 2.06. The summed E-state index contributed by atoms with van der Waals surface area (Å²) in [5, 5.41) is 0. The number of hydrogen-bond donors (Lipinski definition) is 0. The predicted octanol–water partition coefficient (Wildman–Crippen LogP) is 2.37. The second kappa shape index (κ2) is 4.62. The average Bonchev–Trinajstić information content (AvgIpc) is 2.30. The zero-order chi connectivity index (χ0) is 7.56. The van der Waals surface area contributed by atoms with Crippen LogP contribution in [0.15, 0.2) is 6.33 Å². The first-order valence-corrected chi connectivity index (χ1v) is 3.89. The lowest BCUT2D eigenvalue weighted by atomic mass is 10.4. The molecule has 0 aliphatic heterocycles. The first-order valence-electron chi connectivity index (χ1n) is 3.36. The summed E-state index contributed by atoms with van der Waals surface area (Å²) in [6.07, 6.45) is 1.83. The molecule has 0 spiro atoms. The van der Waals surface area contributed by atoms with Crippen molar-refractivity contribution >= 4 is 24.0 Å². The van der Waals surface area contributed by atoms with E-state index in [-0.39, 0.29) is 12.4 Å². The van der Waals surface area contributed by atoms with Crippen molar-refractivity contribution in [1.82, 2.24) is 9.55 Å². The molecule has 2 nitrogen and oxygen atoms in total. The van der Waals surface area contributed by atoms with Crippen LogP contribution in [0.1, 0.15) is 18.3 Å². The molecule has 1 heterocycles. The molecule has 0 fully saturated rings. The van der Waals surface area contributed by atoms with Gasteiger partial charge >= 0.3 is 0 Å². The molecule has 0 radical (unpaired) electrons. The molecule has 0 atom stereocenters. The molecule has 0 aliphatic carbocycles. The van der Waals surface area contributed by atoms with Gasteiger partial charge < -0.3 is 4.57 Å². The topological polar surface area (TPSA) is 17.8 Å². The maximum absolute atomic E-state index is 5.70. The number of halogens is 2. The molecule has 1 aromatic rings. The van der Waals surface area contributed by atoms with Gasteiger partial charge in [-0.25, -0.2) is 4.98 Å². The number of aryl methyl sites for hydroxylation is 2. The molecule has 11 heavy (non-hydrogen) atoms. The van der Waals surface area contributed by atoms with Crippen LogP contribution in [0.25, 0.3) is 0 Å². The van der Waals surface area contributed by atoms with E-state index in [9.17, 15) is 0 Å². The van der Waals surface area contributed by atoms with E-state index in [1.807, 2.05) is 13.3 Å². The standard InChI is InChI=1S/C7H11ClN2.ClH/c1-3-10-5-9-6(2)7(10)4-8;/h5H,3-4H2,1-2H3;1H. The quantitative estimate of drug-likeness (QED) is 0.662. The minimum Gasteiger partial charge on any atom is -0.334 e. The molecule has 0 N–H and O–H groups in total. The van der Waals surface area contributed by atoms with E-state index in [1.54, 1.807) is 0 Å². The van der Waals surface area contributed by atoms with Gasteiger partial charge in [-0.05, 0) is 13.8 Å². The van der Waals surface area contributed by atoms with Crippen LogP contribution >= 0.6 is 24.0 Å². The van der Waals surface area contributed by atoms with E-state index < -0.39 is 0 Å². The Balaban J connectivity index is 0.000001000. The van der Waals surface area contributed by atoms with Crippen LogP contribution < -0.4 is 0 Å². The molecular formula is C7H12Cl2N2. The Bertz CT molecular complexity index is 220. The smallest absolute Gasteiger partial charge is 0.0951 e. The Kier molecular flexibility index (Phi) is 4.54. The van der Waals surface area contributed by atoms with Crippen LogP contribution in [0.2, 0.25) is 0 Å². The van der Waals surface area contributed by atoms with Crippen LogP contribution in [0.3, 0.4) is 0 Å². The average molecular weight is 195 g/mol. The Hall–Kier alpha value is -0.210. The maximum atomic E-state index is 5.70. The third-order valence-electron chi connectivity index (χ3n) is 1.62. The summed E-state index contributed by atoms with van der Waals surface area (Å²) in [4.78, 5) is 4.14. The van der Waals surface area contributed by atoms with E-state index in [2.05, 4.69) is 16.5 Å². The largest absolute Gasteiger partial charge is 0.334 e. The van der Waals surface area contributed by atoms with Crippen LogP contribution in [0.4, 0.5) is 0 Å². The number of nitrogens with zero attached hydrogens (tertiary/aromatic N) is 2. The van der Waals surface area contributed by atoms with Crippen LogP contribution in [0, 0.1) is 6.92 Å². The van der Waals surface area contributed by atoms with Gasteiger partial charge in [-0.15, -0.1) is 24.0 Å². The minimum atomic E-state index is 0. The van der Waals surface area contributed by atoms with Crippen LogP contribution in [-0.4, -0.2) is 9.55 Å². The third kappa shape index (κ3) is 2.11. The zero-order valence-corrected chi connectivity index (χ0v) is 8.24. The maximum Gasteiger partial charge on any atom is 0.0951 e. The summed E-state index contributed by atoms with van der Waals surface area (Å²) >= 11 is 5.70. The normalized spacial score (nSPS) is 9.36. The summed E-state index contributed by atoms with van der Waals surface area (Å²) in [6.45, 7) is 5.00. The zero-order valence-electron chi connectivity index (χ0n) is 6.67. The number of hydrogen-bond acceptors (Lipinski definition) is 1. The first kappa shape index (κ1) is 10.8. The lowest BCUT2D eigenvalue weighted by Crippen LogP contribution is -1.97. The molecule has 0 saturated carbocycles. The number of imidazole rings is 1. The number of aromatic nitrogens is 2. The van der Waals surface area contributed by atoms with Gasteiger partial charge in [0.1, 0.15) is 0 Å². The monoisotopic (exact) mass is 194 g/mol. The van der Waals surface area contributed by atoms with E-state index in [1.165, 1.54) is 0 Å². The highest BCUT2D eigenvalue weighted by atomic mass is 35.5. The molecule has 0 unspecified atom stereocenters. The van der Waals surface area contributed by atoms with E-state index in [4.69, 9.17) is 11.6 Å². The molecule has 64 valence electrons. The van der Waals surface area contributed by atoms with E-state index >= 15 is 0 Å². The number of rotatable bonds is 2. The van der Waals surface area contributed by atoms with Crippen molar-refractivity contribution in [2.45, 2.75) is 26.3 Å². The van der Waals surface area contributed by atoms with Crippen molar-refractivity contribution in [2.24, 2.45) is 0 Å². The van der Waals surface area contributed by atoms with Crippen molar-refractivity contribution < 1.29 is 0 Å². The summed E-state index contributed by atoms with van der Waals surface area (Å²) in [5.74, 6) is 0.555. The fourth-order valence-electron chi connectivity index (χ4n) is 0.954. The second-order valence-electron chi connectivity index (χ2n) is 2.20. The highest BCUT2D eigenvalue weighted by Gasteiger charge is 2.02. The van der Waals surface area contributed by atoms with Crippen molar-refractivity contribution in [3.05, 3.63) is 17.7 Å². The molecule has 0 bridgehead atoms. The van der Waals surface area contributed by atoms with Gasteiger partial charge in [0.25, 0.3) is 0 Å². The molecule has 0 amide bonds. The molecule has 1 rings (SSSR count). The van der Waals surface area contributed by atoms with Gasteiger partial charge in [0.2, 0.25) is 0 Å². The van der Waals surface area contributed by atoms with Gasteiger partial charge in [-0.1, -0.05) is 0 Å². The van der Waals surface area contributed by atoms with Crippen LogP contribution in [0.5, 0.6) is 0 Å². The Morgan fingerprint density at radius 3 is 2.64 bits per heavy atom. The molecule has 0 saturated heterocycles. The molecule has 0 aromatic carbocycles. The fraction of sp³-hybridized carbons (Fsp3) is 0.571. The molecule has 4 heteroatoms. The molecule has 1 aromatic heterocycles. The molecular weight excluding hydrogens is 183 g/mol. The molecule has 0 aliphatic rings. The van der Waals surface area contributed by atoms with Gasteiger partial charge in [0.15, 0.2) is 0 Å². The van der Waals surface area contributed by atoms with Crippen molar-refractivity contribution in [3.63, 3.8) is 0 Å². The van der Waals surface area contributed by atoms with E-state index in [0.717, 1.165) is 17.9 Å². The summed E-state index contributed by atoms with van der Waals surface area (Å²) in [5.41, 5.74) is 2.17. The van der Waals surface area contributed by atoms with Crippen molar-refractivity contribution in [1.29, 1.82) is 0 Å². The predicted molar refractivity (Wildman–Crippen MR) is 49.4 cm³/mol. The van der Waals surface area contributed by atoms with E-state index in [0.29, 0.717) is 5.88 Å². The second-order valence-corrected chi connectivity index (χ2v) is 2.46. The fourth-order valence-corrected chi connectivity index (χ4v) is 1.30. The summed E-state index contributed by atoms with van der Waals surface area (Å²) in [7, 11) is 0. The Morgan fingerprint density at radius 1 is 1.64 bits per heavy atom. The summed E-state index contributed by atoms with van der Waals surface area (Å²) in [6, 6.07) is 0. The van der Waals surface area contributed by atoms with Gasteiger partial charge in [0.05, 0.1) is 23.6 Å². The number of alkyl halides is 1. The highest BCUT2D eigenvalue weighted by Crippen LogP contribution is 2.08. The SMILES string of the molecule is CCn1cnc(C)c1CCl.Cl.